The second kappa shape index (κ2) is 7.53. The molecule has 2 aromatic rings. The first-order chi connectivity index (χ1) is 11.6. The highest BCUT2D eigenvalue weighted by molar-refractivity contribution is 6.32. The normalized spacial score (nSPS) is 12.9. The first kappa shape index (κ1) is 16.6. The molecule has 1 aliphatic rings. The van der Waals surface area contributed by atoms with Gasteiger partial charge in [0.2, 0.25) is 11.8 Å². The van der Waals surface area contributed by atoms with Crippen molar-refractivity contribution in [1.82, 2.24) is 15.5 Å². The molecule has 0 saturated carbocycles. The van der Waals surface area contributed by atoms with Crippen LogP contribution in [0.2, 0.25) is 5.02 Å². The molecule has 1 aliphatic heterocycles. The van der Waals surface area contributed by atoms with Crippen molar-refractivity contribution in [3.63, 3.8) is 0 Å². The number of fused-ring (bicyclic) bond motifs is 1. The maximum Gasteiger partial charge on any atom is 0.227 e. The summed E-state index contributed by atoms with van der Waals surface area (Å²) in [5.74, 6) is 2.23. The Morgan fingerprint density at radius 3 is 2.92 bits per heavy atom. The molecule has 128 valence electrons. The average molecular weight is 352 g/mol. The van der Waals surface area contributed by atoms with E-state index in [4.69, 9.17) is 25.6 Å². The first-order valence-electron chi connectivity index (χ1n) is 7.76. The quantitative estimate of drug-likeness (QED) is 0.857. The third kappa shape index (κ3) is 4.17. The zero-order chi connectivity index (χ0) is 16.9. The molecule has 7 nitrogen and oxygen atoms in total. The first-order valence-corrected chi connectivity index (χ1v) is 8.13. The van der Waals surface area contributed by atoms with E-state index in [1.165, 1.54) is 0 Å². The van der Waals surface area contributed by atoms with E-state index in [-0.39, 0.29) is 5.91 Å². The van der Waals surface area contributed by atoms with Crippen molar-refractivity contribution in [2.75, 3.05) is 19.8 Å². The number of aromatic nitrogens is 2. The third-order valence-electron chi connectivity index (χ3n) is 3.53. The third-order valence-corrected chi connectivity index (χ3v) is 3.81. The molecule has 24 heavy (non-hydrogen) atoms. The van der Waals surface area contributed by atoms with E-state index in [1.807, 2.05) is 12.1 Å². The summed E-state index contributed by atoms with van der Waals surface area (Å²) in [6.45, 7) is 3.27. The minimum Gasteiger partial charge on any atom is -0.486 e. The number of nitrogens with zero attached hydrogens (tertiary/aromatic N) is 2. The van der Waals surface area contributed by atoms with Gasteiger partial charge in [0.25, 0.3) is 0 Å². The van der Waals surface area contributed by atoms with Gasteiger partial charge in [-0.25, -0.2) is 0 Å². The standard InChI is InChI=1S/C16H18ClN3O4/c1-10-19-15(24-20-10)3-2-14(21)18-5-4-11-8-12(17)16-13(9-11)22-6-7-23-16/h8-9H,2-7H2,1H3,(H,18,21). The molecule has 0 atom stereocenters. The largest absolute Gasteiger partial charge is 0.486 e. The van der Waals surface area contributed by atoms with Gasteiger partial charge >= 0.3 is 0 Å². The number of nitrogens with one attached hydrogen (secondary N) is 1. The molecule has 3 rings (SSSR count). The van der Waals surface area contributed by atoms with E-state index < -0.39 is 0 Å². The van der Waals surface area contributed by atoms with Gasteiger partial charge in [0.05, 0.1) is 5.02 Å². The van der Waals surface area contributed by atoms with Crippen molar-refractivity contribution >= 4 is 17.5 Å². The Balaban J connectivity index is 1.46. The number of ether oxygens (including phenoxy) is 2. The zero-order valence-electron chi connectivity index (χ0n) is 13.3. The number of halogens is 1. The van der Waals surface area contributed by atoms with Gasteiger partial charge in [-0.3, -0.25) is 4.79 Å². The number of aryl methyl sites for hydroxylation is 2. The Bertz CT molecular complexity index is 732. The van der Waals surface area contributed by atoms with Gasteiger partial charge in [-0.2, -0.15) is 4.98 Å². The molecule has 1 N–H and O–H groups in total. The Kier molecular flexibility index (Phi) is 5.20. The van der Waals surface area contributed by atoms with Crippen molar-refractivity contribution in [2.45, 2.75) is 26.2 Å². The summed E-state index contributed by atoms with van der Waals surface area (Å²) in [4.78, 5) is 15.9. The number of hydrogen-bond acceptors (Lipinski definition) is 6. The Labute approximate surface area is 144 Å². The molecular weight excluding hydrogens is 334 g/mol. The highest BCUT2D eigenvalue weighted by atomic mass is 35.5. The van der Waals surface area contributed by atoms with E-state index in [0.29, 0.717) is 67.3 Å². The van der Waals surface area contributed by atoms with Crippen LogP contribution in [0.3, 0.4) is 0 Å². The molecule has 8 heteroatoms. The lowest BCUT2D eigenvalue weighted by Gasteiger charge is -2.20. The fraction of sp³-hybridized carbons (Fsp3) is 0.438. The summed E-state index contributed by atoms with van der Waals surface area (Å²) in [5, 5.41) is 7.08. The number of amides is 1. The van der Waals surface area contributed by atoms with Crippen LogP contribution in [0.15, 0.2) is 16.7 Å². The molecule has 1 amide bonds. The molecule has 1 aromatic carbocycles. The predicted octanol–water partition coefficient (Wildman–Crippen LogP) is 2.09. The SMILES string of the molecule is Cc1noc(CCC(=O)NCCc2cc(Cl)c3c(c2)OCCO3)n1. The van der Waals surface area contributed by atoms with Crippen LogP contribution in [0, 0.1) is 6.92 Å². The molecule has 0 radical (unpaired) electrons. The van der Waals surface area contributed by atoms with Crippen LogP contribution in [0.25, 0.3) is 0 Å². The molecule has 0 bridgehead atoms. The smallest absolute Gasteiger partial charge is 0.227 e. The summed E-state index contributed by atoms with van der Waals surface area (Å²) < 4.78 is 16.0. The van der Waals surface area contributed by atoms with Crippen molar-refractivity contribution in [3.05, 3.63) is 34.4 Å². The van der Waals surface area contributed by atoms with Crippen molar-refractivity contribution < 1.29 is 18.8 Å². The zero-order valence-corrected chi connectivity index (χ0v) is 14.1. The lowest BCUT2D eigenvalue weighted by Crippen LogP contribution is -2.26. The number of carbonyl (C=O) groups is 1. The van der Waals surface area contributed by atoms with Crippen LogP contribution in [-0.4, -0.2) is 35.8 Å². The van der Waals surface area contributed by atoms with E-state index in [1.54, 1.807) is 6.92 Å². The van der Waals surface area contributed by atoms with Gasteiger partial charge in [-0.05, 0) is 31.0 Å². The van der Waals surface area contributed by atoms with Crippen LogP contribution >= 0.6 is 11.6 Å². The molecular formula is C16H18ClN3O4. The Morgan fingerprint density at radius 1 is 1.29 bits per heavy atom. The van der Waals surface area contributed by atoms with Crippen LogP contribution in [0.5, 0.6) is 11.5 Å². The minimum absolute atomic E-state index is 0.0607. The topological polar surface area (TPSA) is 86.5 Å². The van der Waals surface area contributed by atoms with Crippen molar-refractivity contribution in [1.29, 1.82) is 0 Å². The maximum atomic E-state index is 11.8. The van der Waals surface area contributed by atoms with E-state index in [2.05, 4.69) is 15.5 Å². The van der Waals surface area contributed by atoms with Crippen molar-refractivity contribution in [3.8, 4) is 11.5 Å². The number of carbonyl (C=O) groups excluding carboxylic acids is 1. The molecule has 2 heterocycles. The number of benzene rings is 1. The van der Waals surface area contributed by atoms with Gasteiger partial charge in [0, 0.05) is 19.4 Å². The Morgan fingerprint density at radius 2 is 2.12 bits per heavy atom. The fourth-order valence-corrected chi connectivity index (χ4v) is 2.69. The van der Waals surface area contributed by atoms with Crippen LogP contribution in [0.4, 0.5) is 0 Å². The minimum atomic E-state index is -0.0607. The summed E-state index contributed by atoms with van der Waals surface area (Å²) >= 11 is 6.19. The van der Waals surface area contributed by atoms with Crippen LogP contribution in [0.1, 0.15) is 23.7 Å². The second-order valence-electron chi connectivity index (χ2n) is 5.44. The van der Waals surface area contributed by atoms with E-state index >= 15 is 0 Å². The van der Waals surface area contributed by atoms with Crippen molar-refractivity contribution in [2.24, 2.45) is 0 Å². The summed E-state index contributed by atoms with van der Waals surface area (Å²) in [5.41, 5.74) is 0.983. The molecule has 1 aromatic heterocycles. The average Bonchev–Trinajstić information content (AvgIpc) is 2.98. The summed E-state index contributed by atoms with van der Waals surface area (Å²) in [6.07, 6.45) is 1.40. The highest BCUT2D eigenvalue weighted by Crippen LogP contribution is 2.38. The maximum absolute atomic E-state index is 11.8. The van der Waals surface area contributed by atoms with Gasteiger partial charge in [0.15, 0.2) is 17.3 Å². The molecule has 0 saturated heterocycles. The lowest BCUT2D eigenvalue weighted by molar-refractivity contribution is -0.121. The Hall–Kier alpha value is -2.28. The summed E-state index contributed by atoms with van der Waals surface area (Å²) in [7, 11) is 0. The van der Waals surface area contributed by atoms with Gasteiger partial charge in [-0.1, -0.05) is 16.8 Å². The molecule has 0 spiro atoms. The molecule has 0 fully saturated rings. The highest BCUT2D eigenvalue weighted by Gasteiger charge is 2.16. The molecule has 0 aliphatic carbocycles. The predicted molar refractivity (Wildman–Crippen MR) is 86.5 cm³/mol. The fourth-order valence-electron chi connectivity index (χ4n) is 2.41. The van der Waals surface area contributed by atoms with Gasteiger partial charge in [-0.15, -0.1) is 0 Å². The summed E-state index contributed by atoms with van der Waals surface area (Å²) in [6, 6.07) is 3.73. The lowest BCUT2D eigenvalue weighted by atomic mass is 10.1. The monoisotopic (exact) mass is 351 g/mol. The number of hydrogen-bond donors (Lipinski definition) is 1. The van der Waals surface area contributed by atoms with E-state index in [9.17, 15) is 4.79 Å². The van der Waals surface area contributed by atoms with Gasteiger partial charge in [0.1, 0.15) is 13.2 Å². The van der Waals surface area contributed by atoms with Crippen LogP contribution in [-0.2, 0) is 17.6 Å². The van der Waals surface area contributed by atoms with Gasteiger partial charge < -0.3 is 19.3 Å². The van der Waals surface area contributed by atoms with E-state index in [0.717, 1.165) is 5.56 Å². The number of rotatable bonds is 6. The second-order valence-corrected chi connectivity index (χ2v) is 5.84. The van der Waals surface area contributed by atoms with Crippen LogP contribution < -0.4 is 14.8 Å². The molecule has 0 unspecified atom stereocenters.